The fraction of sp³-hybridized carbons (Fsp3) is 0.545. The second-order valence-corrected chi connectivity index (χ2v) is 7.65. The van der Waals surface area contributed by atoms with Crippen LogP contribution in [0.4, 0.5) is 0 Å². The number of carboxylic acid groups (broad SMARTS) is 2. The van der Waals surface area contributed by atoms with Crippen LogP contribution in [0.1, 0.15) is 65.2 Å². The van der Waals surface area contributed by atoms with Crippen molar-refractivity contribution < 1.29 is 58.5 Å². The van der Waals surface area contributed by atoms with Gasteiger partial charge in [0.15, 0.2) is 0 Å². The van der Waals surface area contributed by atoms with Crippen LogP contribution in [0, 0.1) is 0 Å². The van der Waals surface area contributed by atoms with Crippen molar-refractivity contribution in [2.75, 3.05) is 13.1 Å². The molecule has 178 valence electrons. The Morgan fingerprint density at radius 2 is 1.00 bits per heavy atom. The number of unbranched alkanes of at least 4 members (excludes halogenated alkanes) is 4. The van der Waals surface area contributed by atoms with Crippen molar-refractivity contribution in [2.24, 2.45) is 0 Å². The van der Waals surface area contributed by atoms with Crippen LogP contribution in [0.15, 0.2) is 23.3 Å². The molecule has 4 amide bonds. The topological polar surface area (TPSA) is 149 Å². The summed E-state index contributed by atoms with van der Waals surface area (Å²) in [5, 5.41) is 16.8. The van der Waals surface area contributed by atoms with Gasteiger partial charge in [-0.2, -0.15) is 0 Å². The molecular formula is C22H30N2O8Zn. The first kappa shape index (κ1) is 30.3. The van der Waals surface area contributed by atoms with Crippen LogP contribution in [0.2, 0.25) is 0 Å². The van der Waals surface area contributed by atoms with Gasteiger partial charge in [-0.1, -0.05) is 12.8 Å². The zero-order valence-corrected chi connectivity index (χ0v) is 22.1. The predicted molar refractivity (Wildman–Crippen MR) is 113 cm³/mol. The van der Waals surface area contributed by atoms with E-state index >= 15 is 0 Å². The minimum Gasteiger partial charge on any atom is -0.481 e. The number of amides is 4. The van der Waals surface area contributed by atoms with E-state index in [0.717, 1.165) is 0 Å². The summed E-state index contributed by atoms with van der Waals surface area (Å²) in [5.74, 6) is -2.62. The fourth-order valence-corrected chi connectivity index (χ4v) is 3.14. The van der Waals surface area contributed by atoms with Gasteiger partial charge < -0.3 is 10.2 Å². The largest absolute Gasteiger partial charge is 0.481 e. The molecule has 2 heterocycles. The summed E-state index contributed by atoms with van der Waals surface area (Å²) in [6, 6.07) is 0. The van der Waals surface area contributed by atoms with Gasteiger partial charge in [0.25, 0.3) is 23.6 Å². The number of hydrogen-bond acceptors (Lipinski definition) is 6. The van der Waals surface area contributed by atoms with E-state index in [0.29, 0.717) is 62.8 Å². The van der Waals surface area contributed by atoms with Gasteiger partial charge in [-0.3, -0.25) is 38.6 Å². The number of imide groups is 2. The van der Waals surface area contributed by atoms with Crippen molar-refractivity contribution in [1.82, 2.24) is 9.80 Å². The maximum atomic E-state index is 11.4. The number of carbonyl (C=O) groups is 6. The Hall–Kier alpha value is -2.68. The molecule has 33 heavy (non-hydrogen) atoms. The van der Waals surface area contributed by atoms with Crippen LogP contribution < -0.4 is 0 Å². The zero-order chi connectivity index (χ0) is 24.3. The van der Waals surface area contributed by atoms with Crippen molar-refractivity contribution in [3.8, 4) is 0 Å². The van der Waals surface area contributed by atoms with Gasteiger partial charge in [0.1, 0.15) is 0 Å². The Labute approximate surface area is 205 Å². The van der Waals surface area contributed by atoms with Crippen molar-refractivity contribution in [1.29, 1.82) is 0 Å². The molecule has 0 aromatic carbocycles. The molecular weight excluding hydrogens is 486 g/mol. The van der Waals surface area contributed by atoms with Gasteiger partial charge in [-0.25, -0.2) is 0 Å². The monoisotopic (exact) mass is 514 g/mol. The predicted octanol–water partition coefficient (Wildman–Crippen LogP) is 1.89. The third kappa shape index (κ3) is 10.7. The summed E-state index contributed by atoms with van der Waals surface area (Å²) in [6.45, 7) is 3.99. The standard InChI is InChI=1S/2C11H15NO4.Zn/c2*1-8-7-9(13)12(11(8)16)6-4-2-3-5-10(14)15;/h2*7H,2-6H2,1H3,(H,14,15);. The van der Waals surface area contributed by atoms with E-state index in [4.69, 9.17) is 10.2 Å². The number of carboxylic acids is 2. The Bertz CT molecular complexity index is 766. The minimum absolute atomic E-state index is 0. The van der Waals surface area contributed by atoms with E-state index < -0.39 is 11.9 Å². The maximum absolute atomic E-state index is 11.4. The van der Waals surface area contributed by atoms with Gasteiger partial charge in [0.2, 0.25) is 0 Å². The van der Waals surface area contributed by atoms with Gasteiger partial charge in [-0.05, 0) is 39.5 Å². The molecule has 0 aromatic heterocycles. The number of hydrogen-bond donors (Lipinski definition) is 2. The van der Waals surface area contributed by atoms with Gasteiger partial charge >= 0.3 is 11.9 Å². The summed E-state index contributed by atoms with van der Waals surface area (Å²) >= 11 is 0. The van der Waals surface area contributed by atoms with Crippen LogP contribution >= 0.6 is 0 Å². The molecule has 0 aromatic rings. The number of nitrogens with zero attached hydrogens (tertiary/aromatic N) is 2. The molecule has 0 saturated heterocycles. The van der Waals surface area contributed by atoms with Crippen molar-refractivity contribution in [3.63, 3.8) is 0 Å². The molecule has 0 fully saturated rings. The molecule has 0 atom stereocenters. The molecule has 0 saturated carbocycles. The minimum atomic E-state index is -0.814. The average molecular weight is 516 g/mol. The Morgan fingerprint density at radius 3 is 1.24 bits per heavy atom. The number of carbonyl (C=O) groups excluding carboxylic acids is 4. The number of rotatable bonds is 12. The first-order chi connectivity index (χ1) is 15.0. The molecule has 2 rings (SSSR count). The van der Waals surface area contributed by atoms with E-state index in [2.05, 4.69) is 0 Å². The summed E-state index contributed by atoms with van der Waals surface area (Å²) in [5.41, 5.74) is 0.936. The molecule has 0 aliphatic carbocycles. The zero-order valence-electron chi connectivity index (χ0n) is 19.2. The first-order valence-electron chi connectivity index (χ1n) is 10.6. The number of aliphatic carboxylic acids is 2. The summed E-state index contributed by atoms with van der Waals surface area (Å²) in [4.78, 5) is 68.4. The third-order valence-electron chi connectivity index (χ3n) is 4.92. The second kappa shape index (κ2) is 15.2. The molecule has 0 unspecified atom stereocenters. The normalized spacial score (nSPS) is 15.1. The van der Waals surface area contributed by atoms with Gasteiger partial charge in [0.05, 0.1) is 0 Å². The van der Waals surface area contributed by atoms with Crippen molar-refractivity contribution in [2.45, 2.75) is 65.2 Å². The quantitative estimate of drug-likeness (QED) is 0.227. The Kier molecular flexibility index (Phi) is 14.0. The van der Waals surface area contributed by atoms with E-state index in [-0.39, 0.29) is 55.9 Å². The fourth-order valence-electron chi connectivity index (χ4n) is 3.14. The molecule has 0 bridgehead atoms. The third-order valence-corrected chi connectivity index (χ3v) is 4.92. The van der Waals surface area contributed by atoms with E-state index in [9.17, 15) is 28.8 Å². The summed E-state index contributed by atoms with van der Waals surface area (Å²) < 4.78 is 0. The van der Waals surface area contributed by atoms with Crippen LogP contribution in [0.25, 0.3) is 0 Å². The van der Waals surface area contributed by atoms with Crippen LogP contribution in [0.3, 0.4) is 0 Å². The Morgan fingerprint density at radius 1 is 0.667 bits per heavy atom. The molecule has 2 N–H and O–H groups in total. The average Bonchev–Trinajstić information content (AvgIpc) is 3.09. The van der Waals surface area contributed by atoms with E-state index in [1.165, 1.54) is 22.0 Å². The molecule has 2 aliphatic heterocycles. The van der Waals surface area contributed by atoms with Gasteiger partial charge in [0, 0.05) is 68.7 Å². The Balaban J connectivity index is 0.000000602. The molecule has 2 aliphatic rings. The second-order valence-electron chi connectivity index (χ2n) is 7.65. The molecule has 0 radical (unpaired) electrons. The van der Waals surface area contributed by atoms with Crippen LogP contribution in [-0.4, -0.2) is 68.7 Å². The van der Waals surface area contributed by atoms with Gasteiger partial charge in [-0.15, -0.1) is 0 Å². The maximum Gasteiger partial charge on any atom is 0.303 e. The molecule has 0 spiro atoms. The SMILES string of the molecule is CC1=CC(=O)N(CCCCCC(=O)O)C1=O.CC1=CC(=O)N(CCCCCC(=O)O)C1=O.[Zn]. The van der Waals surface area contributed by atoms with Crippen LogP contribution in [-0.2, 0) is 48.2 Å². The van der Waals surface area contributed by atoms with E-state index in [1.807, 2.05) is 0 Å². The van der Waals surface area contributed by atoms with E-state index in [1.54, 1.807) is 13.8 Å². The first-order valence-corrected chi connectivity index (χ1v) is 10.6. The van der Waals surface area contributed by atoms with Crippen molar-refractivity contribution in [3.05, 3.63) is 23.3 Å². The van der Waals surface area contributed by atoms with Crippen molar-refractivity contribution >= 4 is 35.6 Å². The summed E-state index contributed by atoms with van der Waals surface area (Å²) in [6.07, 6.45) is 6.84. The van der Waals surface area contributed by atoms with Crippen LogP contribution in [0.5, 0.6) is 0 Å². The smallest absolute Gasteiger partial charge is 0.303 e. The summed E-state index contributed by atoms with van der Waals surface area (Å²) in [7, 11) is 0. The molecule has 11 heteroatoms. The molecule has 10 nitrogen and oxygen atoms in total.